The summed E-state index contributed by atoms with van der Waals surface area (Å²) in [5, 5.41) is 26.7. The molecular formula is C53H66N8O8S. The number of carbonyl (C=O) groups is 1. The summed E-state index contributed by atoms with van der Waals surface area (Å²) in [6.45, 7) is 11.4. The van der Waals surface area contributed by atoms with Crippen LogP contribution >= 0.6 is 0 Å². The van der Waals surface area contributed by atoms with Crippen LogP contribution in [0.25, 0.3) is 11.0 Å². The first kappa shape index (κ1) is 47.9. The van der Waals surface area contributed by atoms with Crippen molar-refractivity contribution < 1.29 is 32.7 Å². The van der Waals surface area contributed by atoms with Crippen LogP contribution in [-0.2, 0) is 14.8 Å². The molecule has 0 unspecified atom stereocenters. The number of amides is 1. The summed E-state index contributed by atoms with van der Waals surface area (Å²) in [6.07, 6.45) is 10.4. The van der Waals surface area contributed by atoms with Crippen LogP contribution < -0.4 is 24.6 Å². The molecule has 4 aliphatic heterocycles. The van der Waals surface area contributed by atoms with Gasteiger partial charge in [-0.2, -0.15) is 4.98 Å². The molecule has 0 spiro atoms. The Hall–Kier alpha value is -5.75. The highest BCUT2D eigenvalue weighted by Crippen LogP contribution is 2.46. The zero-order valence-electron chi connectivity index (χ0n) is 40.4. The molecular weight excluding hydrogens is 909 g/mol. The van der Waals surface area contributed by atoms with Gasteiger partial charge in [0.1, 0.15) is 23.1 Å². The number of nitro benzene ring substituents is 1. The average Bonchev–Trinajstić information content (AvgIpc) is 3.82. The van der Waals surface area contributed by atoms with Crippen LogP contribution in [-0.4, -0.2) is 103 Å². The first-order chi connectivity index (χ1) is 33.7. The number of rotatable bonds is 13. The van der Waals surface area contributed by atoms with Gasteiger partial charge in [0.25, 0.3) is 21.6 Å². The maximum Gasteiger partial charge on any atom is 0.293 e. The Kier molecular flexibility index (Phi) is 13.6. The number of nitro groups is 1. The fraction of sp³-hybridized carbons (Fsp3) is 0.509. The highest BCUT2D eigenvalue weighted by Gasteiger charge is 2.42. The molecule has 4 fully saturated rings. The number of carbonyl (C=O) groups excluding carboxylic acids is 1. The Labute approximate surface area is 410 Å². The first-order valence-electron chi connectivity index (χ1n) is 25.3. The number of likely N-dealkylation sites (tertiary alicyclic amines) is 1. The van der Waals surface area contributed by atoms with E-state index < -0.39 is 43.1 Å². The lowest BCUT2D eigenvalue weighted by Crippen LogP contribution is -2.53. The van der Waals surface area contributed by atoms with Crippen molar-refractivity contribution in [3.05, 3.63) is 106 Å². The van der Waals surface area contributed by atoms with E-state index in [1.165, 1.54) is 42.5 Å². The Morgan fingerprint density at radius 3 is 2.54 bits per heavy atom. The summed E-state index contributed by atoms with van der Waals surface area (Å²) in [7, 11) is -4.61. The van der Waals surface area contributed by atoms with Gasteiger partial charge in [0, 0.05) is 62.2 Å². The lowest BCUT2D eigenvalue weighted by Gasteiger charge is -2.45. The fourth-order valence-electron chi connectivity index (χ4n) is 11.6. The Morgan fingerprint density at radius 1 is 0.957 bits per heavy atom. The molecule has 6 heterocycles. The number of aromatic amines is 1. The molecule has 3 saturated heterocycles. The number of pyridine rings is 1. The molecule has 3 atom stereocenters. The van der Waals surface area contributed by atoms with Crippen molar-refractivity contribution in [3.63, 3.8) is 0 Å². The number of aromatic nitrogens is 2. The van der Waals surface area contributed by atoms with Gasteiger partial charge in [0.15, 0.2) is 0 Å². The standard InChI is InChI=1S/C53H66N8O8S/c1-34(2)40-8-4-5-9-41(40)44-10-6-7-24-59(44)32-36-18-25-58(26-19-36)38-11-13-42(46(29-38)60-45-20-27-68-33-49(45)69-52-48(60)28-37-17-23-54-50(37)56-52)51(62)57-70(66,67)39-12-14-43(47(30-39)61(64)65)55-31-35-15-21-53(3,63)22-16-35/h4-5,8-9,11-14,17,23,28-30,34-36,44-45,49,55,63H,6-7,10,15-16,18-22,24-27,31-33H2,1-3H3,(H,54,56)(H,57,62)/t35?,44-,45-,49-,53?/m0/s1. The van der Waals surface area contributed by atoms with E-state index >= 15 is 0 Å². The molecule has 1 saturated carbocycles. The van der Waals surface area contributed by atoms with E-state index in [1.54, 1.807) is 6.07 Å². The van der Waals surface area contributed by atoms with Gasteiger partial charge in [-0.1, -0.05) is 44.5 Å². The van der Waals surface area contributed by atoms with Crippen LogP contribution in [0.2, 0.25) is 0 Å². The van der Waals surface area contributed by atoms with Crippen LogP contribution in [0.4, 0.5) is 28.4 Å². The van der Waals surface area contributed by atoms with Crippen molar-refractivity contribution in [1.29, 1.82) is 0 Å². The average molecular weight is 975 g/mol. The van der Waals surface area contributed by atoms with Crippen LogP contribution in [0.5, 0.6) is 5.88 Å². The van der Waals surface area contributed by atoms with Crippen molar-refractivity contribution in [3.8, 4) is 5.88 Å². The molecule has 2 aromatic heterocycles. The zero-order chi connectivity index (χ0) is 48.7. The van der Waals surface area contributed by atoms with Crippen molar-refractivity contribution in [2.24, 2.45) is 11.8 Å². The molecule has 3 aromatic carbocycles. The number of aliphatic hydroxyl groups is 1. The smallest absolute Gasteiger partial charge is 0.293 e. The van der Waals surface area contributed by atoms with Gasteiger partial charge in [-0.25, -0.2) is 13.1 Å². The minimum Gasteiger partial charge on any atom is -0.468 e. The molecule has 1 amide bonds. The normalized spacial score (nSPS) is 24.5. The molecule has 5 aliphatic rings. The van der Waals surface area contributed by atoms with Gasteiger partial charge >= 0.3 is 0 Å². The van der Waals surface area contributed by atoms with E-state index in [0.717, 1.165) is 69.0 Å². The van der Waals surface area contributed by atoms with E-state index in [0.29, 0.717) is 79.8 Å². The maximum atomic E-state index is 14.7. The number of sulfonamides is 1. The number of hydrogen-bond acceptors (Lipinski definition) is 13. The van der Waals surface area contributed by atoms with Crippen molar-refractivity contribution in [2.45, 2.75) is 120 Å². The molecule has 70 heavy (non-hydrogen) atoms. The van der Waals surface area contributed by atoms with Gasteiger partial charge in [-0.15, -0.1) is 0 Å². The second-order valence-corrected chi connectivity index (χ2v) is 22.5. The third-order valence-corrected chi connectivity index (χ3v) is 16.9. The van der Waals surface area contributed by atoms with E-state index in [-0.39, 0.29) is 23.2 Å². The third-order valence-electron chi connectivity index (χ3n) is 15.6. The van der Waals surface area contributed by atoms with E-state index in [2.05, 4.69) is 67.8 Å². The zero-order valence-corrected chi connectivity index (χ0v) is 41.3. The maximum absolute atomic E-state index is 14.7. The minimum atomic E-state index is -4.61. The topological polar surface area (TPSA) is 196 Å². The lowest BCUT2D eigenvalue weighted by molar-refractivity contribution is -0.384. The number of nitrogens with one attached hydrogen (secondary N) is 3. The highest BCUT2D eigenvalue weighted by molar-refractivity contribution is 7.90. The molecule has 4 N–H and O–H groups in total. The quantitative estimate of drug-likeness (QED) is 0.0645. The van der Waals surface area contributed by atoms with Crippen molar-refractivity contribution >= 4 is 55.4 Å². The summed E-state index contributed by atoms with van der Waals surface area (Å²) in [5.41, 5.74) is 4.79. The summed E-state index contributed by atoms with van der Waals surface area (Å²) < 4.78 is 43.0. The summed E-state index contributed by atoms with van der Waals surface area (Å²) in [5.74, 6) is 0.686. The SMILES string of the molecule is CC(C)c1ccccc1[C@@H]1CCCCN1CC1CCN(c2ccc(C(=O)NS(=O)(=O)c3ccc(NCC4CCC(C)(O)CC4)c([N+](=O)[O-])c3)c(N3c4cc5cc[nH]c5nc4O[C@H]4COCC[C@@H]43)c2)CC1. The Bertz CT molecular complexity index is 2830. The fourth-order valence-corrected chi connectivity index (χ4v) is 12.6. The molecule has 16 nitrogen and oxygen atoms in total. The monoisotopic (exact) mass is 974 g/mol. The number of ether oxygens (including phenoxy) is 2. The van der Waals surface area contributed by atoms with Gasteiger partial charge < -0.3 is 34.7 Å². The van der Waals surface area contributed by atoms with E-state index in [4.69, 9.17) is 14.5 Å². The molecule has 10 rings (SSSR count). The number of fused-ring (bicyclic) bond motifs is 3. The molecule has 1 aliphatic carbocycles. The van der Waals surface area contributed by atoms with Crippen molar-refractivity contribution in [1.82, 2.24) is 19.6 Å². The summed E-state index contributed by atoms with van der Waals surface area (Å²) in [6, 6.07) is 22.2. The number of nitrogens with zero attached hydrogens (tertiary/aromatic N) is 5. The molecule has 17 heteroatoms. The van der Waals surface area contributed by atoms with Gasteiger partial charge in [-0.05, 0) is 143 Å². The van der Waals surface area contributed by atoms with E-state index in [9.17, 15) is 28.4 Å². The van der Waals surface area contributed by atoms with Gasteiger partial charge in [0.05, 0.1) is 39.3 Å². The first-order valence-corrected chi connectivity index (χ1v) is 26.7. The van der Waals surface area contributed by atoms with Crippen LogP contribution in [0.1, 0.15) is 118 Å². The minimum absolute atomic E-state index is 0.117. The summed E-state index contributed by atoms with van der Waals surface area (Å²) in [4.78, 5) is 41.2. The number of hydrogen-bond donors (Lipinski definition) is 4. The van der Waals surface area contributed by atoms with E-state index in [1.807, 2.05) is 37.4 Å². The summed E-state index contributed by atoms with van der Waals surface area (Å²) >= 11 is 0. The Balaban J connectivity index is 0.930. The number of piperidine rings is 2. The predicted molar refractivity (Wildman–Crippen MR) is 271 cm³/mol. The largest absolute Gasteiger partial charge is 0.468 e. The predicted octanol–water partition coefficient (Wildman–Crippen LogP) is 9.20. The van der Waals surface area contributed by atoms with Crippen LogP contribution in [0, 0.1) is 22.0 Å². The molecule has 372 valence electrons. The van der Waals surface area contributed by atoms with Gasteiger partial charge in [0.2, 0.25) is 5.88 Å². The van der Waals surface area contributed by atoms with Crippen molar-refractivity contribution in [2.75, 3.05) is 61.1 Å². The lowest BCUT2D eigenvalue weighted by atomic mass is 9.80. The van der Waals surface area contributed by atoms with Crippen LogP contribution in [0.3, 0.4) is 0 Å². The molecule has 0 radical (unpaired) electrons. The Morgan fingerprint density at radius 2 is 1.76 bits per heavy atom. The second kappa shape index (κ2) is 19.8. The second-order valence-electron chi connectivity index (χ2n) is 20.8. The number of benzene rings is 3. The molecule has 0 bridgehead atoms. The van der Waals surface area contributed by atoms with Crippen LogP contribution in [0.15, 0.2) is 83.9 Å². The number of H-pyrrole nitrogens is 1. The van der Waals surface area contributed by atoms with Gasteiger partial charge in [-0.3, -0.25) is 19.8 Å². The third kappa shape index (κ3) is 9.94. The number of anilines is 4. The molecule has 5 aromatic rings. The highest BCUT2D eigenvalue weighted by atomic mass is 32.2.